The van der Waals surface area contributed by atoms with E-state index in [9.17, 15) is 18.0 Å². The number of halogens is 3. The van der Waals surface area contributed by atoms with Crippen LogP contribution in [0.1, 0.15) is 38.7 Å². The molecule has 0 saturated carbocycles. The van der Waals surface area contributed by atoms with Gasteiger partial charge in [0.15, 0.2) is 0 Å². The lowest BCUT2D eigenvalue weighted by molar-refractivity contribution is -0.140. The van der Waals surface area contributed by atoms with Gasteiger partial charge in [-0.1, -0.05) is 6.92 Å². The van der Waals surface area contributed by atoms with Gasteiger partial charge < -0.3 is 20.1 Å². The van der Waals surface area contributed by atoms with Crippen LogP contribution in [-0.4, -0.2) is 51.8 Å². The Kier molecular flexibility index (Phi) is 9.36. The van der Waals surface area contributed by atoms with Gasteiger partial charge in [0.05, 0.1) is 35.2 Å². The van der Waals surface area contributed by atoms with Crippen molar-refractivity contribution in [3.05, 3.63) is 48.3 Å². The number of imidazole rings is 1. The summed E-state index contributed by atoms with van der Waals surface area (Å²) in [6.07, 6.45) is 0.743. The molecule has 1 atom stereocenters. The van der Waals surface area contributed by atoms with E-state index in [1.807, 2.05) is 14.0 Å². The normalized spacial score (nSPS) is 13.3. The summed E-state index contributed by atoms with van der Waals surface area (Å²) in [5, 5.41) is 11.5. The van der Waals surface area contributed by atoms with E-state index in [2.05, 4.69) is 27.2 Å². The number of hydrogen-bond acceptors (Lipinski definition) is 5. The number of hydrogen-bond donors (Lipinski definition) is 3. The number of carbonyl (C=O) groups is 1. The fraction of sp³-hybridized carbons (Fsp3) is 0.435. The van der Waals surface area contributed by atoms with E-state index in [0.717, 1.165) is 37.1 Å². The SMILES string of the molecule is CCC(C)(CCNC)OCCC(=O)O.FC(F)(F)c1ccc2nc(-c3cccnc3)[nH]c2c1. The molecule has 0 amide bonds. The van der Waals surface area contributed by atoms with Gasteiger partial charge in [-0.05, 0) is 63.7 Å². The number of alkyl halides is 3. The topological polar surface area (TPSA) is 100 Å². The van der Waals surface area contributed by atoms with E-state index in [1.54, 1.807) is 24.5 Å². The molecule has 0 radical (unpaired) electrons. The quantitative estimate of drug-likeness (QED) is 0.415. The summed E-state index contributed by atoms with van der Waals surface area (Å²) >= 11 is 0. The van der Waals surface area contributed by atoms with Gasteiger partial charge in [-0.2, -0.15) is 13.2 Å². The van der Waals surface area contributed by atoms with Crippen molar-refractivity contribution in [1.82, 2.24) is 20.3 Å². The molecule has 0 saturated heterocycles. The zero-order chi connectivity index (χ0) is 24.5. The molecule has 2 aromatic heterocycles. The molecule has 180 valence electrons. The van der Waals surface area contributed by atoms with Crippen molar-refractivity contribution in [2.24, 2.45) is 0 Å². The van der Waals surface area contributed by atoms with Crippen LogP contribution in [0.3, 0.4) is 0 Å². The third-order valence-corrected chi connectivity index (χ3v) is 5.16. The van der Waals surface area contributed by atoms with Gasteiger partial charge in [-0.15, -0.1) is 0 Å². The summed E-state index contributed by atoms with van der Waals surface area (Å²) in [7, 11) is 1.90. The maximum Gasteiger partial charge on any atom is 0.416 e. The van der Waals surface area contributed by atoms with Crippen molar-refractivity contribution >= 4 is 17.0 Å². The van der Waals surface area contributed by atoms with Crippen molar-refractivity contribution < 1.29 is 27.8 Å². The van der Waals surface area contributed by atoms with E-state index in [0.29, 0.717) is 23.5 Å². The predicted octanol–water partition coefficient (Wildman–Crippen LogP) is 4.90. The van der Waals surface area contributed by atoms with Crippen LogP contribution in [0.4, 0.5) is 13.2 Å². The lowest BCUT2D eigenvalue weighted by atomic mass is 9.99. The Morgan fingerprint density at radius 3 is 2.61 bits per heavy atom. The highest BCUT2D eigenvalue weighted by atomic mass is 19.4. The Labute approximate surface area is 190 Å². The summed E-state index contributed by atoms with van der Waals surface area (Å²) in [5.74, 6) is -0.306. The van der Waals surface area contributed by atoms with Crippen molar-refractivity contribution in [3.63, 3.8) is 0 Å². The monoisotopic (exact) mass is 466 g/mol. The van der Waals surface area contributed by atoms with E-state index < -0.39 is 17.7 Å². The number of pyridine rings is 1. The van der Waals surface area contributed by atoms with E-state index in [-0.39, 0.29) is 12.0 Å². The first kappa shape index (κ1) is 26.3. The zero-order valence-corrected chi connectivity index (χ0v) is 18.9. The Hall–Kier alpha value is -2.98. The number of aromatic nitrogens is 3. The minimum absolute atomic E-state index is 0.0785. The molecule has 0 aliphatic heterocycles. The molecule has 7 nitrogen and oxygen atoms in total. The number of carboxylic acids is 1. The second-order valence-corrected chi connectivity index (χ2v) is 7.71. The van der Waals surface area contributed by atoms with Crippen LogP contribution >= 0.6 is 0 Å². The van der Waals surface area contributed by atoms with E-state index >= 15 is 0 Å². The largest absolute Gasteiger partial charge is 0.481 e. The average molecular weight is 467 g/mol. The van der Waals surface area contributed by atoms with Crippen LogP contribution in [-0.2, 0) is 15.7 Å². The zero-order valence-electron chi connectivity index (χ0n) is 18.9. The second kappa shape index (κ2) is 11.8. The van der Waals surface area contributed by atoms with Crippen molar-refractivity contribution in [2.45, 2.75) is 44.9 Å². The van der Waals surface area contributed by atoms with Crippen molar-refractivity contribution in [2.75, 3.05) is 20.2 Å². The molecule has 3 N–H and O–H groups in total. The lowest BCUT2D eigenvalue weighted by Crippen LogP contribution is -2.32. The molecule has 0 aliphatic rings. The molecule has 0 spiro atoms. The van der Waals surface area contributed by atoms with Crippen LogP contribution < -0.4 is 5.32 Å². The first-order valence-corrected chi connectivity index (χ1v) is 10.6. The first-order valence-electron chi connectivity index (χ1n) is 10.6. The maximum atomic E-state index is 12.6. The number of aliphatic carboxylic acids is 1. The smallest absolute Gasteiger partial charge is 0.416 e. The summed E-state index contributed by atoms with van der Waals surface area (Å²) in [4.78, 5) is 21.4. The number of nitrogens with one attached hydrogen (secondary N) is 2. The third-order valence-electron chi connectivity index (χ3n) is 5.16. The number of aromatic amines is 1. The number of carboxylic acid groups (broad SMARTS) is 1. The molecule has 0 aliphatic carbocycles. The highest BCUT2D eigenvalue weighted by Gasteiger charge is 2.30. The Bertz CT molecular complexity index is 1020. The minimum Gasteiger partial charge on any atom is -0.481 e. The Morgan fingerprint density at radius 2 is 2.03 bits per heavy atom. The summed E-state index contributed by atoms with van der Waals surface area (Å²) < 4.78 is 43.4. The molecule has 0 bridgehead atoms. The van der Waals surface area contributed by atoms with Gasteiger partial charge in [0.1, 0.15) is 5.82 Å². The van der Waals surface area contributed by atoms with E-state index in [4.69, 9.17) is 9.84 Å². The van der Waals surface area contributed by atoms with Crippen LogP contribution in [0.2, 0.25) is 0 Å². The van der Waals surface area contributed by atoms with Gasteiger partial charge in [-0.25, -0.2) is 4.98 Å². The molecule has 1 aromatic carbocycles. The lowest BCUT2D eigenvalue weighted by Gasteiger charge is -2.28. The van der Waals surface area contributed by atoms with Crippen LogP contribution in [0, 0.1) is 0 Å². The maximum absolute atomic E-state index is 12.6. The highest BCUT2D eigenvalue weighted by molar-refractivity contribution is 5.80. The fourth-order valence-electron chi connectivity index (χ4n) is 2.95. The molecule has 2 heterocycles. The summed E-state index contributed by atoms with van der Waals surface area (Å²) in [6, 6.07) is 6.96. The van der Waals surface area contributed by atoms with Crippen molar-refractivity contribution in [3.8, 4) is 11.4 Å². The number of rotatable bonds is 9. The molecule has 3 rings (SSSR count). The molecular weight excluding hydrogens is 437 g/mol. The van der Waals surface area contributed by atoms with Crippen LogP contribution in [0.25, 0.3) is 22.4 Å². The van der Waals surface area contributed by atoms with Gasteiger partial charge in [0.25, 0.3) is 0 Å². The predicted molar refractivity (Wildman–Crippen MR) is 120 cm³/mol. The number of H-pyrrole nitrogens is 1. The van der Waals surface area contributed by atoms with Gasteiger partial charge in [-0.3, -0.25) is 9.78 Å². The van der Waals surface area contributed by atoms with Crippen LogP contribution in [0.15, 0.2) is 42.7 Å². The third kappa shape index (κ3) is 8.14. The minimum atomic E-state index is -4.35. The standard InChI is InChI=1S/C13H8F3N3.C10H21NO3/c14-13(15,16)9-3-4-10-11(6-9)19-12(18-10)8-2-1-5-17-7-8;1-4-10(2,6-7-11-3)14-8-5-9(12)13/h1-7H,(H,18,19);11H,4-8H2,1-3H3,(H,12,13). The molecule has 3 aromatic rings. The Balaban J connectivity index is 0.000000248. The highest BCUT2D eigenvalue weighted by Crippen LogP contribution is 2.31. The molecule has 33 heavy (non-hydrogen) atoms. The van der Waals surface area contributed by atoms with Gasteiger partial charge in [0, 0.05) is 18.0 Å². The molecule has 1 unspecified atom stereocenters. The first-order chi connectivity index (χ1) is 15.6. The summed E-state index contributed by atoms with van der Waals surface area (Å²) in [5.41, 5.74) is 0.688. The van der Waals surface area contributed by atoms with E-state index in [1.165, 1.54) is 6.07 Å². The van der Waals surface area contributed by atoms with Crippen molar-refractivity contribution in [1.29, 1.82) is 0 Å². The number of fused-ring (bicyclic) bond motifs is 1. The number of benzene rings is 1. The van der Waals surface area contributed by atoms with Gasteiger partial charge >= 0.3 is 12.1 Å². The average Bonchev–Trinajstić information content (AvgIpc) is 3.21. The fourth-order valence-corrected chi connectivity index (χ4v) is 2.95. The van der Waals surface area contributed by atoms with Crippen LogP contribution in [0.5, 0.6) is 0 Å². The Morgan fingerprint density at radius 1 is 1.27 bits per heavy atom. The number of ether oxygens (including phenoxy) is 1. The van der Waals surface area contributed by atoms with Gasteiger partial charge in [0.2, 0.25) is 0 Å². The summed E-state index contributed by atoms with van der Waals surface area (Å²) in [6.45, 7) is 5.25. The molecule has 0 fully saturated rings. The second-order valence-electron chi connectivity index (χ2n) is 7.71. The molecule has 10 heteroatoms. The number of nitrogens with zero attached hydrogens (tertiary/aromatic N) is 2. The molecular formula is C23H29F3N4O3.